The molecule has 0 bridgehead atoms. The van der Waals surface area contributed by atoms with E-state index in [0.29, 0.717) is 5.69 Å². The number of hydrogen-bond acceptors (Lipinski definition) is 3. The van der Waals surface area contributed by atoms with E-state index in [1.165, 1.54) is 4.90 Å². The number of aliphatic hydroxyl groups is 1. The number of carbonyl (C=O) groups is 2. The van der Waals surface area contributed by atoms with Crippen molar-refractivity contribution in [3.8, 4) is 0 Å². The van der Waals surface area contributed by atoms with Gasteiger partial charge in [0.2, 0.25) is 11.8 Å². The van der Waals surface area contributed by atoms with Crippen molar-refractivity contribution in [2.24, 2.45) is 5.41 Å². The van der Waals surface area contributed by atoms with E-state index in [2.05, 4.69) is 0 Å². The average molecular weight is 233 g/mol. The molecule has 4 nitrogen and oxygen atoms in total. The molecule has 1 fully saturated rings. The summed E-state index contributed by atoms with van der Waals surface area (Å²) >= 11 is 0. The van der Waals surface area contributed by atoms with Crippen molar-refractivity contribution in [2.45, 2.75) is 26.9 Å². The van der Waals surface area contributed by atoms with Crippen molar-refractivity contribution >= 4 is 17.5 Å². The van der Waals surface area contributed by atoms with E-state index in [0.717, 1.165) is 5.56 Å². The van der Waals surface area contributed by atoms with Gasteiger partial charge < -0.3 is 5.11 Å². The minimum Gasteiger partial charge on any atom is -0.392 e. The van der Waals surface area contributed by atoms with Crippen LogP contribution in [0.3, 0.4) is 0 Å². The Morgan fingerprint density at radius 2 is 1.82 bits per heavy atom. The highest BCUT2D eigenvalue weighted by molar-refractivity contribution is 6.22. The van der Waals surface area contributed by atoms with Crippen LogP contribution in [-0.4, -0.2) is 16.9 Å². The van der Waals surface area contributed by atoms with Crippen LogP contribution >= 0.6 is 0 Å². The van der Waals surface area contributed by atoms with Crippen molar-refractivity contribution in [1.82, 2.24) is 0 Å². The Kier molecular flexibility index (Phi) is 2.75. The molecule has 2 amide bonds. The topological polar surface area (TPSA) is 57.6 Å². The van der Waals surface area contributed by atoms with Gasteiger partial charge in [-0.25, -0.2) is 0 Å². The zero-order chi connectivity index (χ0) is 12.6. The number of anilines is 1. The van der Waals surface area contributed by atoms with Gasteiger partial charge in [0.1, 0.15) is 0 Å². The third kappa shape index (κ3) is 1.96. The summed E-state index contributed by atoms with van der Waals surface area (Å²) < 4.78 is 0. The molecule has 1 saturated heterocycles. The largest absolute Gasteiger partial charge is 0.392 e. The number of hydrogen-bond donors (Lipinski definition) is 1. The van der Waals surface area contributed by atoms with Crippen molar-refractivity contribution in [2.75, 3.05) is 4.90 Å². The number of aliphatic hydroxyl groups excluding tert-OH is 1. The first-order valence-electron chi connectivity index (χ1n) is 5.53. The summed E-state index contributed by atoms with van der Waals surface area (Å²) in [6.45, 7) is 3.50. The molecule has 0 atom stereocenters. The summed E-state index contributed by atoms with van der Waals surface area (Å²) in [7, 11) is 0. The van der Waals surface area contributed by atoms with E-state index in [1.807, 2.05) is 0 Å². The highest BCUT2D eigenvalue weighted by atomic mass is 16.3. The summed E-state index contributed by atoms with van der Waals surface area (Å²) in [6.07, 6.45) is 0.244. The fourth-order valence-electron chi connectivity index (χ4n) is 1.96. The smallest absolute Gasteiger partial charge is 0.239 e. The van der Waals surface area contributed by atoms with Crippen molar-refractivity contribution in [3.05, 3.63) is 29.8 Å². The number of imide groups is 1. The summed E-state index contributed by atoms with van der Waals surface area (Å²) in [5, 5.41) is 8.93. The van der Waals surface area contributed by atoms with Gasteiger partial charge >= 0.3 is 0 Å². The standard InChI is InChI=1S/C13H15NO3/c1-13(2)7-11(16)14(12(13)17)10-5-3-9(8-15)4-6-10/h3-6,15H,7-8H2,1-2H3. The van der Waals surface area contributed by atoms with Crippen molar-refractivity contribution in [3.63, 3.8) is 0 Å². The summed E-state index contributed by atoms with van der Waals surface area (Å²) in [4.78, 5) is 25.1. The van der Waals surface area contributed by atoms with Gasteiger partial charge in [-0.3, -0.25) is 14.5 Å². The van der Waals surface area contributed by atoms with Crippen LogP contribution in [0, 0.1) is 5.41 Å². The molecular formula is C13H15NO3. The van der Waals surface area contributed by atoms with Crippen molar-refractivity contribution in [1.29, 1.82) is 0 Å². The summed E-state index contributed by atoms with van der Waals surface area (Å²) in [5.41, 5.74) is 0.710. The molecule has 2 rings (SSSR count). The first kappa shape index (κ1) is 11.8. The fourth-order valence-corrected chi connectivity index (χ4v) is 1.96. The summed E-state index contributed by atoms with van der Waals surface area (Å²) in [5.74, 6) is -0.337. The zero-order valence-electron chi connectivity index (χ0n) is 9.93. The predicted octanol–water partition coefficient (Wildman–Crippen LogP) is 1.47. The molecule has 0 unspecified atom stereocenters. The zero-order valence-corrected chi connectivity index (χ0v) is 9.93. The molecule has 1 aromatic carbocycles. The van der Waals surface area contributed by atoms with Crippen LogP contribution in [0.4, 0.5) is 5.69 Å². The molecular weight excluding hydrogens is 218 g/mol. The Bertz CT molecular complexity index is 462. The van der Waals surface area contributed by atoms with Gasteiger partial charge in [-0.05, 0) is 17.7 Å². The lowest BCUT2D eigenvalue weighted by Gasteiger charge is -2.17. The number of rotatable bonds is 2. The SMILES string of the molecule is CC1(C)CC(=O)N(c2ccc(CO)cc2)C1=O. The van der Waals surface area contributed by atoms with E-state index in [1.54, 1.807) is 38.1 Å². The second-order valence-corrected chi connectivity index (χ2v) is 4.92. The Morgan fingerprint density at radius 3 is 2.24 bits per heavy atom. The van der Waals surface area contributed by atoms with Crippen LogP contribution in [0.15, 0.2) is 24.3 Å². The molecule has 90 valence electrons. The van der Waals surface area contributed by atoms with Gasteiger partial charge in [-0.1, -0.05) is 26.0 Å². The molecule has 1 aliphatic heterocycles. The van der Waals surface area contributed by atoms with E-state index >= 15 is 0 Å². The van der Waals surface area contributed by atoms with Crippen LogP contribution < -0.4 is 4.90 Å². The number of nitrogens with zero attached hydrogens (tertiary/aromatic N) is 1. The quantitative estimate of drug-likeness (QED) is 0.787. The van der Waals surface area contributed by atoms with E-state index < -0.39 is 5.41 Å². The first-order valence-corrected chi connectivity index (χ1v) is 5.53. The van der Waals surface area contributed by atoms with E-state index in [4.69, 9.17) is 5.11 Å². The van der Waals surface area contributed by atoms with Crippen LogP contribution in [0.25, 0.3) is 0 Å². The Labute approximate surface area is 99.9 Å². The second kappa shape index (κ2) is 3.96. The monoisotopic (exact) mass is 233 g/mol. The van der Waals surface area contributed by atoms with Gasteiger partial charge in [-0.15, -0.1) is 0 Å². The normalized spacial score (nSPS) is 18.9. The fraction of sp³-hybridized carbons (Fsp3) is 0.385. The van der Waals surface area contributed by atoms with Crippen LogP contribution in [0.2, 0.25) is 0 Å². The van der Waals surface area contributed by atoms with Gasteiger partial charge in [-0.2, -0.15) is 0 Å². The maximum absolute atomic E-state index is 12.0. The lowest BCUT2D eigenvalue weighted by molar-refractivity contribution is -0.124. The van der Waals surface area contributed by atoms with E-state index in [9.17, 15) is 9.59 Å². The van der Waals surface area contributed by atoms with Gasteiger partial charge in [0.25, 0.3) is 0 Å². The highest BCUT2D eigenvalue weighted by Crippen LogP contribution is 2.34. The maximum Gasteiger partial charge on any atom is 0.239 e. The van der Waals surface area contributed by atoms with Crippen molar-refractivity contribution < 1.29 is 14.7 Å². The van der Waals surface area contributed by atoms with Crippen LogP contribution in [0.5, 0.6) is 0 Å². The lowest BCUT2D eigenvalue weighted by atomic mass is 9.92. The molecule has 0 saturated carbocycles. The predicted molar refractivity (Wildman–Crippen MR) is 63.3 cm³/mol. The average Bonchev–Trinajstić information content (AvgIpc) is 2.49. The maximum atomic E-state index is 12.0. The highest BCUT2D eigenvalue weighted by Gasteiger charge is 2.45. The van der Waals surface area contributed by atoms with E-state index in [-0.39, 0.29) is 24.8 Å². The van der Waals surface area contributed by atoms with Crippen LogP contribution in [0.1, 0.15) is 25.8 Å². The molecule has 17 heavy (non-hydrogen) atoms. The van der Waals surface area contributed by atoms with Crippen LogP contribution in [-0.2, 0) is 16.2 Å². The van der Waals surface area contributed by atoms with Gasteiger partial charge in [0, 0.05) is 6.42 Å². The third-order valence-corrected chi connectivity index (χ3v) is 3.00. The number of amides is 2. The molecule has 0 spiro atoms. The summed E-state index contributed by atoms with van der Waals surface area (Å²) in [6, 6.07) is 6.79. The molecule has 1 heterocycles. The Balaban J connectivity index is 2.34. The Morgan fingerprint density at radius 1 is 1.24 bits per heavy atom. The number of benzene rings is 1. The molecule has 1 aliphatic rings. The number of carbonyl (C=O) groups excluding carboxylic acids is 2. The molecule has 0 aromatic heterocycles. The first-order chi connectivity index (χ1) is 7.95. The second-order valence-electron chi connectivity index (χ2n) is 4.92. The molecule has 1 aromatic rings. The third-order valence-electron chi connectivity index (χ3n) is 3.00. The molecule has 4 heteroatoms. The van der Waals surface area contributed by atoms with Gasteiger partial charge in [0.15, 0.2) is 0 Å². The lowest BCUT2D eigenvalue weighted by Crippen LogP contribution is -2.32. The Hall–Kier alpha value is -1.68. The minimum atomic E-state index is -0.618. The molecule has 0 radical (unpaired) electrons. The minimum absolute atomic E-state index is 0.0480. The molecule has 0 aliphatic carbocycles. The molecule has 1 N–H and O–H groups in total. The van der Waals surface area contributed by atoms with Gasteiger partial charge in [0.05, 0.1) is 17.7 Å².